The van der Waals surface area contributed by atoms with Crippen molar-refractivity contribution in [2.75, 3.05) is 0 Å². The Hall–Kier alpha value is -1.19. The number of Topliss-reactive ketones (excluding diaryl/α,β-unsaturated/α-hetero) is 1. The highest BCUT2D eigenvalue weighted by molar-refractivity contribution is 5.75. The van der Waals surface area contributed by atoms with Gasteiger partial charge in [-0.3, -0.25) is 4.68 Å². The maximum Gasteiger partial charge on any atom is 0.138 e. The molecule has 0 N–H and O–H groups in total. The molecular weight excluding hydrogens is 166 g/mol. The Morgan fingerprint density at radius 2 is 2.38 bits per heavy atom. The zero-order valence-corrected chi connectivity index (χ0v) is 8.16. The van der Waals surface area contributed by atoms with E-state index < -0.39 is 0 Å². The molecule has 0 saturated heterocycles. The first-order valence-electron chi connectivity index (χ1n) is 4.60. The molecule has 72 valence electrons. The van der Waals surface area contributed by atoms with E-state index in [4.69, 9.17) is 0 Å². The van der Waals surface area contributed by atoms with Crippen LogP contribution in [0.5, 0.6) is 0 Å². The molecule has 0 spiro atoms. The second-order valence-electron chi connectivity index (χ2n) is 3.10. The average molecular weight is 181 g/mol. The van der Waals surface area contributed by atoms with Gasteiger partial charge in [0, 0.05) is 19.4 Å². The number of carbonyl (C=O) groups excluding carboxylic acids is 1. The minimum atomic E-state index is 0.200. The molecule has 0 aliphatic heterocycles. The third-order valence-corrected chi connectivity index (χ3v) is 1.83. The highest BCUT2D eigenvalue weighted by atomic mass is 16.1. The van der Waals surface area contributed by atoms with Gasteiger partial charge in [0.2, 0.25) is 0 Å². The van der Waals surface area contributed by atoms with Crippen molar-refractivity contribution in [3.05, 3.63) is 12.2 Å². The van der Waals surface area contributed by atoms with Crippen LogP contribution in [0.15, 0.2) is 6.33 Å². The van der Waals surface area contributed by atoms with Gasteiger partial charge in [-0.25, -0.2) is 4.98 Å². The summed E-state index contributed by atoms with van der Waals surface area (Å²) in [5.41, 5.74) is 0. The number of hydrogen-bond donors (Lipinski definition) is 0. The summed E-state index contributed by atoms with van der Waals surface area (Å²) in [5, 5.41) is 4.08. The van der Waals surface area contributed by atoms with Crippen LogP contribution in [0, 0.1) is 0 Å². The predicted octanol–water partition coefficient (Wildman–Crippen LogP) is 1.21. The Bertz CT molecular complexity index is 280. The molecule has 1 rings (SSSR count). The maximum atomic E-state index is 10.8. The lowest BCUT2D eigenvalue weighted by molar-refractivity contribution is -0.117. The summed E-state index contributed by atoms with van der Waals surface area (Å²) in [6.45, 7) is 4.57. The molecule has 0 aliphatic rings. The first-order chi connectivity index (χ1) is 6.24. The van der Waals surface area contributed by atoms with Crippen molar-refractivity contribution >= 4 is 5.78 Å². The van der Waals surface area contributed by atoms with E-state index in [-0.39, 0.29) is 5.78 Å². The van der Waals surface area contributed by atoms with Crippen LogP contribution in [0.4, 0.5) is 0 Å². The molecule has 0 bridgehead atoms. The zero-order valence-electron chi connectivity index (χ0n) is 8.16. The quantitative estimate of drug-likeness (QED) is 0.686. The standard InChI is InChI=1S/C9H15N3O/c1-3-6-12-9(10-7-11-12)5-4-8(2)13/h7H,3-6H2,1-2H3. The first kappa shape index (κ1) is 9.89. The molecule has 1 aromatic heterocycles. The van der Waals surface area contributed by atoms with Gasteiger partial charge >= 0.3 is 0 Å². The number of aryl methyl sites for hydroxylation is 2. The number of ketones is 1. The van der Waals surface area contributed by atoms with Crippen LogP contribution >= 0.6 is 0 Å². The molecule has 1 heterocycles. The van der Waals surface area contributed by atoms with Gasteiger partial charge in [0.25, 0.3) is 0 Å². The zero-order chi connectivity index (χ0) is 9.68. The van der Waals surface area contributed by atoms with E-state index in [0.717, 1.165) is 18.8 Å². The van der Waals surface area contributed by atoms with Gasteiger partial charge in [-0.15, -0.1) is 0 Å². The minimum Gasteiger partial charge on any atom is -0.300 e. The summed E-state index contributed by atoms with van der Waals surface area (Å²) < 4.78 is 1.86. The molecule has 0 aromatic carbocycles. The van der Waals surface area contributed by atoms with E-state index in [1.54, 1.807) is 13.3 Å². The van der Waals surface area contributed by atoms with E-state index in [9.17, 15) is 4.79 Å². The van der Waals surface area contributed by atoms with E-state index in [2.05, 4.69) is 17.0 Å². The molecule has 4 heteroatoms. The molecule has 0 fully saturated rings. The highest BCUT2D eigenvalue weighted by Gasteiger charge is 2.04. The molecular formula is C9H15N3O. The summed E-state index contributed by atoms with van der Waals surface area (Å²) >= 11 is 0. The van der Waals surface area contributed by atoms with E-state index in [1.165, 1.54) is 0 Å². The van der Waals surface area contributed by atoms with Gasteiger partial charge in [-0.2, -0.15) is 5.10 Å². The molecule has 4 nitrogen and oxygen atoms in total. The van der Waals surface area contributed by atoms with Crippen LogP contribution in [0.3, 0.4) is 0 Å². The van der Waals surface area contributed by atoms with E-state index in [0.29, 0.717) is 12.8 Å². The van der Waals surface area contributed by atoms with Crippen molar-refractivity contribution in [2.24, 2.45) is 0 Å². The molecule has 0 radical (unpaired) electrons. The Labute approximate surface area is 78.0 Å². The largest absolute Gasteiger partial charge is 0.300 e. The maximum absolute atomic E-state index is 10.8. The summed E-state index contributed by atoms with van der Waals surface area (Å²) in [6, 6.07) is 0. The summed E-state index contributed by atoms with van der Waals surface area (Å²) in [7, 11) is 0. The number of rotatable bonds is 5. The molecule has 0 saturated carbocycles. The van der Waals surface area contributed by atoms with Crippen molar-refractivity contribution in [3.8, 4) is 0 Å². The first-order valence-corrected chi connectivity index (χ1v) is 4.60. The lowest BCUT2D eigenvalue weighted by Crippen LogP contribution is -2.06. The third kappa shape index (κ3) is 2.97. The van der Waals surface area contributed by atoms with Crippen LogP contribution in [0.25, 0.3) is 0 Å². The van der Waals surface area contributed by atoms with Crippen molar-refractivity contribution in [1.82, 2.24) is 14.8 Å². The summed E-state index contributed by atoms with van der Waals surface area (Å²) in [5.74, 6) is 1.11. The predicted molar refractivity (Wildman–Crippen MR) is 49.3 cm³/mol. The van der Waals surface area contributed by atoms with E-state index in [1.807, 2.05) is 4.68 Å². The number of aromatic nitrogens is 3. The van der Waals surface area contributed by atoms with Gasteiger partial charge in [-0.1, -0.05) is 6.92 Å². The van der Waals surface area contributed by atoms with Crippen LogP contribution in [0.2, 0.25) is 0 Å². The summed E-state index contributed by atoms with van der Waals surface area (Å²) in [4.78, 5) is 14.9. The molecule has 1 aromatic rings. The second kappa shape index (κ2) is 4.74. The Morgan fingerprint density at radius 1 is 1.62 bits per heavy atom. The Kier molecular flexibility index (Phi) is 3.61. The highest BCUT2D eigenvalue weighted by Crippen LogP contribution is 2.00. The minimum absolute atomic E-state index is 0.200. The number of nitrogens with zero attached hydrogens (tertiary/aromatic N) is 3. The monoisotopic (exact) mass is 181 g/mol. The van der Waals surface area contributed by atoms with Gasteiger partial charge in [0.1, 0.15) is 17.9 Å². The van der Waals surface area contributed by atoms with Crippen LogP contribution < -0.4 is 0 Å². The normalized spacial score (nSPS) is 10.3. The summed E-state index contributed by atoms with van der Waals surface area (Å²) in [6.07, 6.45) is 3.85. The fraction of sp³-hybridized carbons (Fsp3) is 0.667. The van der Waals surface area contributed by atoms with Crippen LogP contribution in [-0.4, -0.2) is 20.5 Å². The SMILES string of the molecule is CCCn1ncnc1CCC(C)=O. The molecule has 0 amide bonds. The van der Waals surface area contributed by atoms with Crippen molar-refractivity contribution in [3.63, 3.8) is 0 Å². The lowest BCUT2D eigenvalue weighted by atomic mass is 10.2. The van der Waals surface area contributed by atoms with Crippen LogP contribution in [-0.2, 0) is 17.8 Å². The fourth-order valence-corrected chi connectivity index (χ4v) is 1.17. The average Bonchev–Trinajstić information content (AvgIpc) is 2.49. The van der Waals surface area contributed by atoms with Crippen LogP contribution in [0.1, 0.15) is 32.5 Å². The van der Waals surface area contributed by atoms with Gasteiger partial charge in [0.15, 0.2) is 0 Å². The second-order valence-corrected chi connectivity index (χ2v) is 3.10. The van der Waals surface area contributed by atoms with Crippen molar-refractivity contribution in [1.29, 1.82) is 0 Å². The lowest BCUT2D eigenvalue weighted by Gasteiger charge is -2.02. The smallest absolute Gasteiger partial charge is 0.138 e. The van der Waals surface area contributed by atoms with Crippen molar-refractivity contribution < 1.29 is 4.79 Å². The number of hydrogen-bond acceptors (Lipinski definition) is 3. The molecule has 0 atom stereocenters. The Balaban J connectivity index is 2.54. The third-order valence-electron chi connectivity index (χ3n) is 1.83. The van der Waals surface area contributed by atoms with Gasteiger partial charge in [-0.05, 0) is 13.3 Å². The van der Waals surface area contributed by atoms with Gasteiger partial charge in [0.05, 0.1) is 0 Å². The Morgan fingerprint density at radius 3 is 3.00 bits per heavy atom. The molecule has 13 heavy (non-hydrogen) atoms. The fourth-order valence-electron chi connectivity index (χ4n) is 1.17. The van der Waals surface area contributed by atoms with Gasteiger partial charge < -0.3 is 4.79 Å². The molecule has 0 unspecified atom stereocenters. The topological polar surface area (TPSA) is 47.8 Å². The molecule has 0 aliphatic carbocycles. The van der Waals surface area contributed by atoms with Crippen molar-refractivity contribution in [2.45, 2.75) is 39.7 Å². The number of carbonyl (C=O) groups is 1. The van der Waals surface area contributed by atoms with E-state index >= 15 is 0 Å².